The van der Waals surface area contributed by atoms with Gasteiger partial charge in [-0.1, -0.05) is 0 Å². The lowest BCUT2D eigenvalue weighted by atomic mass is 10.2. The second kappa shape index (κ2) is 4.55. The molecule has 0 aliphatic heterocycles. The van der Waals surface area contributed by atoms with E-state index in [0.29, 0.717) is 0 Å². The molecule has 0 aliphatic rings. The van der Waals surface area contributed by atoms with Crippen LogP contribution in [-0.2, 0) is 0 Å². The number of furan rings is 1. The van der Waals surface area contributed by atoms with E-state index in [2.05, 4.69) is 22.6 Å². The number of nitrogens with two attached hydrogens (primary N) is 1. The van der Waals surface area contributed by atoms with Crippen molar-refractivity contribution in [2.24, 2.45) is 5.73 Å². The van der Waals surface area contributed by atoms with Gasteiger partial charge in [-0.05, 0) is 59.8 Å². The highest BCUT2D eigenvalue weighted by molar-refractivity contribution is 14.1. The van der Waals surface area contributed by atoms with Crippen molar-refractivity contribution in [2.75, 3.05) is 0 Å². The first kappa shape index (κ1) is 11.6. The van der Waals surface area contributed by atoms with E-state index in [-0.39, 0.29) is 11.9 Å². The molecular weight excluding hydrogens is 320 g/mol. The van der Waals surface area contributed by atoms with Gasteiger partial charge in [-0.3, -0.25) is 0 Å². The van der Waals surface area contributed by atoms with Crippen molar-refractivity contribution < 1.29 is 8.81 Å². The van der Waals surface area contributed by atoms with Crippen molar-refractivity contribution in [1.29, 1.82) is 0 Å². The molecule has 1 unspecified atom stereocenters. The van der Waals surface area contributed by atoms with Crippen LogP contribution in [0.5, 0.6) is 0 Å². The molecule has 2 N–H and O–H groups in total. The van der Waals surface area contributed by atoms with Gasteiger partial charge in [0.1, 0.15) is 17.3 Å². The number of benzene rings is 1. The molecule has 2 aromatic rings. The molecule has 0 fully saturated rings. The van der Waals surface area contributed by atoms with Crippen molar-refractivity contribution in [1.82, 2.24) is 0 Å². The maximum atomic E-state index is 12.9. The maximum absolute atomic E-state index is 12.9. The van der Waals surface area contributed by atoms with E-state index >= 15 is 0 Å². The molecule has 2 nitrogen and oxygen atoms in total. The van der Waals surface area contributed by atoms with E-state index in [9.17, 15) is 4.39 Å². The average Bonchev–Trinajstić information content (AvgIpc) is 2.66. The van der Waals surface area contributed by atoms with E-state index in [4.69, 9.17) is 10.2 Å². The minimum Gasteiger partial charge on any atom is -0.459 e. The molecule has 0 amide bonds. The SMILES string of the molecule is CC(N)c1ccc(-c2ccc(F)cc2I)o1. The van der Waals surface area contributed by atoms with Gasteiger partial charge in [-0.2, -0.15) is 0 Å². The van der Waals surface area contributed by atoms with Crippen LogP contribution in [-0.4, -0.2) is 0 Å². The summed E-state index contributed by atoms with van der Waals surface area (Å²) >= 11 is 2.08. The highest BCUT2D eigenvalue weighted by Gasteiger charge is 2.10. The third kappa shape index (κ3) is 2.27. The summed E-state index contributed by atoms with van der Waals surface area (Å²) in [5.74, 6) is 1.21. The molecule has 1 atom stereocenters. The standard InChI is InChI=1S/C12H11FINO/c1-7(15)11-4-5-12(16-11)9-3-2-8(13)6-10(9)14/h2-7H,15H2,1H3. The Bertz CT molecular complexity index is 507. The Hall–Kier alpha value is -0.880. The average molecular weight is 331 g/mol. The van der Waals surface area contributed by atoms with Crippen LogP contribution in [0.3, 0.4) is 0 Å². The van der Waals surface area contributed by atoms with Gasteiger partial charge in [0.25, 0.3) is 0 Å². The Morgan fingerprint density at radius 1 is 1.31 bits per heavy atom. The highest BCUT2D eigenvalue weighted by Crippen LogP contribution is 2.28. The molecule has 0 saturated carbocycles. The summed E-state index contributed by atoms with van der Waals surface area (Å²) in [6, 6.07) is 8.18. The van der Waals surface area contributed by atoms with Gasteiger partial charge in [0, 0.05) is 9.13 Å². The Balaban J connectivity index is 2.42. The second-order valence-electron chi connectivity index (χ2n) is 3.61. The van der Waals surface area contributed by atoms with E-state index < -0.39 is 0 Å². The lowest BCUT2D eigenvalue weighted by molar-refractivity contribution is 0.490. The van der Waals surface area contributed by atoms with Crippen LogP contribution in [0.4, 0.5) is 4.39 Å². The fourth-order valence-corrected chi connectivity index (χ4v) is 2.17. The lowest BCUT2D eigenvalue weighted by Gasteiger charge is -2.02. The zero-order valence-electron chi connectivity index (χ0n) is 8.71. The van der Waals surface area contributed by atoms with Crippen LogP contribution in [0.1, 0.15) is 18.7 Å². The Labute approximate surface area is 107 Å². The van der Waals surface area contributed by atoms with E-state index in [1.165, 1.54) is 12.1 Å². The predicted octanol–water partition coefficient (Wildman–Crippen LogP) is 3.71. The zero-order chi connectivity index (χ0) is 11.7. The number of rotatable bonds is 2. The van der Waals surface area contributed by atoms with Crippen molar-refractivity contribution in [2.45, 2.75) is 13.0 Å². The molecule has 1 aromatic heterocycles. The molecule has 84 valence electrons. The van der Waals surface area contributed by atoms with Crippen LogP contribution in [0.25, 0.3) is 11.3 Å². The van der Waals surface area contributed by atoms with Crippen LogP contribution in [0, 0.1) is 9.39 Å². The molecule has 0 bridgehead atoms. The molecule has 16 heavy (non-hydrogen) atoms. The fourth-order valence-electron chi connectivity index (χ4n) is 1.43. The predicted molar refractivity (Wildman–Crippen MR) is 69.4 cm³/mol. The van der Waals surface area contributed by atoms with Gasteiger partial charge >= 0.3 is 0 Å². The summed E-state index contributed by atoms with van der Waals surface area (Å²) in [7, 11) is 0. The topological polar surface area (TPSA) is 39.2 Å². The summed E-state index contributed by atoms with van der Waals surface area (Å²) in [5, 5.41) is 0. The third-order valence-electron chi connectivity index (χ3n) is 2.27. The molecular formula is C12H11FINO. The van der Waals surface area contributed by atoms with Crippen LogP contribution < -0.4 is 5.73 Å². The molecule has 2 rings (SSSR count). The minimum absolute atomic E-state index is 0.133. The largest absolute Gasteiger partial charge is 0.459 e. The van der Waals surface area contributed by atoms with E-state index in [1.54, 1.807) is 6.07 Å². The first-order valence-corrected chi connectivity index (χ1v) is 5.96. The van der Waals surface area contributed by atoms with Gasteiger partial charge in [0.05, 0.1) is 6.04 Å². The summed E-state index contributed by atoms with van der Waals surface area (Å²) in [6.45, 7) is 1.86. The maximum Gasteiger partial charge on any atom is 0.135 e. The summed E-state index contributed by atoms with van der Waals surface area (Å²) in [6.07, 6.45) is 0. The normalized spacial score (nSPS) is 12.8. The monoisotopic (exact) mass is 331 g/mol. The van der Waals surface area contributed by atoms with Crippen molar-refractivity contribution in [3.63, 3.8) is 0 Å². The summed E-state index contributed by atoms with van der Waals surface area (Å²) in [5.41, 5.74) is 6.59. The van der Waals surface area contributed by atoms with E-state index in [0.717, 1.165) is 20.7 Å². The van der Waals surface area contributed by atoms with Gasteiger partial charge in [-0.15, -0.1) is 0 Å². The van der Waals surface area contributed by atoms with Gasteiger partial charge in [0.2, 0.25) is 0 Å². The van der Waals surface area contributed by atoms with Gasteiger partial charge in [-0.25, -0.2) is 4.39 Å². The quantitative estimate of drug-likeness (QED) is 0.852. The molecule has 0 radical (unpaired) electrons. The lowest BCUT2D eigenvalue weighted by Crippen LogP contribution is -2.02. The third-order valence-corrected chi connectivity index (χ3v) is 3.16. The highest BCUT2D eigenvalue weighted by atomic mass is 127. The number of hydrogen-bond acceptors (Lipinski definition) is 2. The smallest absolute Gasteiger partial charge is 0.135 e. The number of hydrogen-bond donors (Lipinski definition) is 1. The van der Waals surface area contributed by atoms with Gasteiger partial charge in [0.15, 0.2) is 0 Å². The zero-order valence-corrected chi connectivity index (χ0v) is 10.9. The van der Waals surface area contributed by atoms with E-state index in [1.807, 2.05) is 19.1 Å². The van der Waals surface area contributed by atoms with Crippen molar-refractivity contribution in [3.05, 3.63) is 45.5 Å². The Morgan fingerprint density at radius 2 is 2.06 bits per heavy atom. The second-order valence-corrected chi connectivity index (χ2v) is 4.78. The van der Waals surface area contributed by atoms with Crippen LogP contribution in [0.15, 0.2) is 34.7 Å². The first-order valence-electron chi connectivity index (χ1n) is 4.88. The Kier molecular flexibility index (Phi) is 3.30. The van der Waals surface area contributed by atoms with Crippen molar-refractivity contribution in [3.8, 4) is 11.3 Å². The number of halogens is 2. The van der Waals surface area contributed by atoms with Crippen molar-refractivity contribution >= 4 is 22.6 Å². The first-order chi connectivity index (χ1) is 7.58. The fraction of sp³-hybridized carbons (Fsp3) is 0.167. The molecule has 0 aliphatic carbocycles. The molecule has 0 spiro atoms. The minimum atomic E-state index is -0.243. The summed E-state index contributed by atoms with van der Waals surface area (Å²) in [4.78, 5) is 0. The molecule has 4 heteroatoms. The van der Waals surface area contributed by atoms with Gasteiger partial charge < -0.3 is 10.2 Å². The van der Waals surface area contributed by atoms with Crippen LogP contribution >= 0.6 is 22.6 Å². The molecule has 0 saturated heterocycles. The molecule has 1 heterocycles. The summed E-state index contributed by atoms with van der Waals surface area (Å²) < 4.78 is 19.4. The Morgan fingerprint density at radius 3 is 2.62 bits per heavy atom. The van der Waals surface area contributed by atoms with Crippen LogP contribution in [0.2, 0.25) is 0 Å². The molecule has 1 aromatic carbocycles.